The topological polar surface area (TPSA) is 99.7 Å². The fourth-order valence-corrected chi connectivity index (χ4v) is 6.47. The molecule has 1 spiro atoms. The molecule has 8 nitrogen and oxygen atoms in total. The van der Waals surface area contributed by atoms with Crippen LogP contribution in [0.25, 0.3) is 0 Å². The van der Waals surface area contributed by atoms with Gasteiger partial charge in [0.05, 0.1) is 16.4 Å². The van der Waals surface area contributed by atoms with Gasteiger partial charge < -0.3 is 15.1 Å². The molecule has 2 aliphatic rings. The summed E-state index contributed by atoms with van der Waals surface area (Å²) >= 11 is 0. The van der Waals surface area contributed by atoms with Crippen molar-refractivity contribution in [2.45, 2.75) is 43.2 Å². The van der Waals surface area contributed by atoms with E-state index in [0.717, 1.165) is 63.0 Å². The minimum absolute atomic E-state index is 0. The molecule has 226 valence electrons. The molecule has 1 aromatic heterocycles. The summed E-state index contributed by atoms with van der Waals surface area (Å²) in [6, 6.07) is 20.2. The number of rotatable bonds is 9. The molecule has 2 saturated heterocycles. The number of nitrogens with zero attached hydrogens (tertiary/aromatic N) is 3. The van der Waals surface area contributed by atoms with Crippen molar-refractivity contribution in [3.63, 3.8) is 0 Å². The number of carbonyl (C=O) groups excluding carboxylic acids is 2. The first kappa shape index (κ1) is 33.5. The Morgan fingerprint density at radius 2 is 1.55 bits per heavy atom. The van der Waals surface area contributed by atoms with E-state index in [1.165, 1.54) is 6.26 Å². The van der Waals surface area contributed by atoms with Crippen LogP contribution in [0.3, 0.4) is 0 Å². The lowest BCUT2D eigenvalue weighted by molar-refractivity contribution is -0.138. The van der Waals surface area contributed by atoms with E-state index in [2.05, 4.69) is 15.2 Å². The van der Waals surface area contributed by atoms with E-state index in [0.29, 0.717) is 17.0 Å². The molecule has 2 amide bonds. The number of aromatic nitrogens is 1. The number of hydrogen-bond acceptors (Lipinski definition) is 6. The zero-order valence-corrected chi connectivity index (χ0v) is 26.1. The number of nitrogens with one attached hydrogen (secondary N) is 1. The third-order valence-electron chi connectivity index (χ3n) is 8.32. The zero-order chi connectivity index (χ0) is 28.2. The van der Waals surface area contributed by atoms with Crippen LogP contribution in [0.15, 0.2) is 84.0 Å². The second-order valence-electron chi connectivity index (χ2n) is 11.0. The standard InChI is InChI=1S/C31H36N4O4S.2ClH/c1-40(38,39)27-9-7-24(8-10-27)23-35-22-16-31(30(35)37)14-20-34(21-15-31)19-13-28(25-5-3-2-4-6-25)33-29(36)26-11-17-32-18-12-26;;/h2-12,17-18,28H,13-16,19-23H2,1H3,(H,33,36);2*1H. The molecule has 1 atom stereocenters. The molecule has 0 radical (unpaired) electrons. The monoisotopic (exact) mass is 632 g/mol. The van der Waals surface area contributed by atoms with Crippen LogP contribution in [-0.4, -0.2) is 67.5 Å². The maximum absolute atomic E-state index is 13.5. The fraction of sp³-hybridized carbons (Fsp3) is 0.387. The number of pyridine rings is 1. The highest BCUT2D eigenvalue weighted by Crippen LogP contribution is 2.42. The molecular formula is C31H38Cl2N4O4S. The van der Waals surface area contributed by atoms with Gasteiger partial charge in [0.25, 0.3) is 5.91 Å². The van der Waals surface area contributed by atoms with Crippen LogP contribution >= 0.6 is 24.8 Å². The molecular weight excluding hydrogens is 595 g/mol. The number of likely N-dealkylation sites (tertiary alicyclic amines) is 2. The van der Waals surface area contributed by atoms with E-state index in [9.17, 15) is 18.0 Å². The molecule has 2 aliphatic heterocycles. The number of hydrogen-bond donors (Lipinski definition) is 1. The van der Waals surface area contributed by atoms with Crippen molar-refractivity contribution in [2.24, 2.45) is 5.41 Å². The summed E-state index contributed by atoms with van der Waals surface area (Å²) in [5.74, 6) is 0.0996. The number of sulfone groups is 1. The van der Waals surface area contributed by atoms with E-state index in [1.807, 2.05) is 35.2 Å². The van der Waals surface area contributed by atoms with Gasteiger partial charge in [-0.05, 0) is 74.2 Å². The van der Waals surface area contributed by atoms with Gasteiger partial charge in [-0.1, -0.05) is 42.5 Å². The van der Waals surface area contributed by atoms with Crippen molar-refractivity contribution < 1.29 is 18.0 Å². The molecule has 42 heavy (non-hydrogen) atoms. The van der Waals surface area contributed by atoms with Crippen LogP contribution in [-0.2, 0) is 21.2 Å². The molecule has 0 aliphatic carbocycles. The lowest BCUT2D eigenvalue weighted by Gasteiger charge is -2.38. The highest BCUT2D eigenvalue weighted by molar-refractivity contribution is 7.90. The lowest BCUT2D eigenvalue weighted by Crippen LogP contribution is -2.45. The Kier molecular flexibility index (Phi) is 11.5. The Bertz CT molecular complexity index is 1430. The van der Waals surface area contributed by atoms with Crippen LogP contribution < -0.4 is 5.32 Å². The summed E-state index contributed by atoms with van der Waals surface area (Å²) in [5.41, 5.74) is 2.30. The molecule has 0 saturated carbocycles. The summed E-state index contributed by atoms with van der Waals surface area (Å²) in [6.07, 6.45) is 7.73. The molecule has 3 heterocycles. The van der Waals surface area contributed by atoms with Gasteiger partial charge in [-0.25, -0.2) is 8.42 Å². The van der Waals surface area contributed by atoms with Crippen LogP contribution in [0.5, 0.6) is 0 Å². The highest BCUT2D eigenvalue weighted by atomic mass is 35.5. The zero-order valence-electron chi connectivity index (χ0n) is 23.6. The van der Waals surface area contributed by atoms with Crippen LogP contribution in [0.1, 0.15) is 53.2 Å². The van der Waals surface area contributed by atoms with Crippen LogP contribution in [0.2, 0.25) is 0 Å². The SMILES string of the molecule is CS(=O)(=O)c1ccc(CN2CCC3(CCN(CCC(NC(=O)c4ccncc4)c4ccccc4)CC3)C2=O)cc1.Cl.Cl. The first-order chi connectivity index (χ1) is 19.2. The van der Waals surface area contributed by atoms with Gasteiger partial charge in [0.15, 0.2) is 9.84 Å². The smallest absolute Gasteiger partial charge is 0.251 e. The van der Waals surface area contributed by atoms with Crippen molar-refractivity contribution in [1.82, 2.24) is 20.1 Å². The van der Waals surface area contributed by atoms with Crippen molar-refractivity contribution in [2.75, 3.05) is 32.4 Å². The minimum Gasteiger partial charge on any atom is -0.345 e. The third kappa shape index (κ3) is 7.89. The molecule has 11 heteroatoms. The van der Waals surface area contributed by atoms with E-state index in [1.54, 1.807) is 48.8 Å². The fourth-order valence-electron chi connectivity index (χ4n) is 5.84. The maximum atomic E-state index is 13.5. The number of amides is 2. The Morgan fingerprint density at radius 1 is 0.929 bits per heavy atom. The minimum atomic E-state index is -3.24. The van der Waals surface area contributed by atoms with E-state index in [-0.39, 0.29) is 48.1 Å². The number of benzene rings is 2. The molecule has 1 N–H and O–H groups in total. The highest BCUT2D eigenvalue weighted by Gasteiger charge is 2.47. The van der Waals surface area contributed by atoms with Gasteiger partial charge in [0.1, 0.15) is 0 Å². The summed E-state index contributed by atoms with van der Waals surface area (Å²) < 4.78 is 23.5. The first-order valence-corrected chi connectivity index (χ1v) is 15.7. The summed E-state index contributed by atoms with van der Waals surface area (Å²) in [6.45, 7) is 3.76. The molecule has 3 aromatic rings. The average molecular weight is 634 g/mol. The summed E-state index contributed by atoms with van der Waals surface area (Å²) in [5, 5.41) is 3.20. The van der Waals surface area contributed by atoms with Gasteiger partial charge in [0, 0.05) is 43.8 Å². The number of halogens is 2. The van der Waals surface area contributed by atoms with Gasteiger partial charge in [-0.3, -0.25) is 14.6 Å². The molecule has 0 bridgehead atoms. The maximum Gasteiger partial charge on any atom is 0.251 e. The van der Waals surface area contributed by atoms with E-state index >= 15 is 0 Å². The first-order valence-electron chi connectivity index (χ1n) is 13.8. The average Bonchev–Trinajstić information content (AvgIpc) is 3.26. The summed E-state index contributed by atoms with van der Waals surface area (Å²) in [4.78, 5) is 35.0. The van der Waals surface area contributed by atoms with Gasteiger partial charge in [-0.2, -0.15) is 0 Å². The van der Waals surface area contributed by atoms with Gasteiger partial charge in [0.2, 0.25) is 5.91 Å². The van der Waals surface area contributed by atoms with Crippen LogP contribution in [0.4, 0.5) is 0 Å². The largest absolute Gasteiger partial charge is 0.345 e. The van der Waals surface area contributed by atoms with Gasteiger partial charge in [-0.15, -0.1) is 24.8 Å². The molecule has 2 fully saturated rings. The quantitative estimate of drug-likeness (QED) is 0.367. The molecule has 1 unspecified atom stereocenters. The molecule has 5 rings (SSSR count). The van der Waals surface area contributed by atoms with Gasteiger partial charge >= 0.3 is 0 Å². The van der Waals surface area contributed by atoms with E-state index in [4.69, 9.17) is 0 Å². The predicted octanol–water partition coefficient (Wildman–Crippen LogP) is 4.70. The normalized spacial score (nSPS) is 17.3. The predicted molar refractivity (Wildman–Crippen MR) is 168 cm³/mol. The second kappa shape index (κ2) is 14.5. The Balaban J connectivity index is 0.00000242. The third-order valence-corrected chi connectivity index (χ3v) is 9.45. The van der Waals surface area contributed by atoms with Crippen LogP contribution in [0, 0.1) is 5.41 Å². The van der Waals surface area contributed by atoms with Crippen molar-refractivity contribution >= 4 is 46.5 Å². The Hall–Kier alpha value is -2.98. The van der Waals surface area contributed by atoms with Crippen molar-refractivity contribution in [3.05, 3.63) is 95.8 Å². The number of piperidine rings is 1. The van der Waals surface area contributed by atoms with E-state index < -0.39 is 9.84 Å². The number of carbonyl (C=O) groups is 2. The second-order valence-corrected chi connectivity index (χ2v) is 13.0. The summed E-state index contributed by atoms with van der Waals surface area (Å²) in [7, 11) is -3.24. The van der Waals surface area contributed by atoms with Crippen molar-refractivity contribution in [1.29, 1.82) is 0 Å². The lowest BCUT2D eigenvalue weighted by atomic mass is 9.77. The Labute approximate surface area is 260 Å². The van der Waals surface area contributed by atoms with Crippen molar-refractivity contribution in [3.8, 4) is 0 Å². The molecule has 2 aromatic carbocycles. The Morgan fingerprint density at radius 3 is 2.17 bits per heavy atom.